The molecule has 1 aliphatic heterocycles. The van der Waals surface area contributed by atoms with Crippen LogP contribution in [0.3, 0.4) is 0 Å². The minimum Gasteiger partial charge on any atom is -0.507 e. The minimum atomic E-state index is -0.931. The Morgan fingerprint density at radius 2 is 1.96 bits per heavy atom. The number of amides is 1. The normalized spacial score (nSPS) is 17.4. The number of nitrogens with zero attached hydrogens (tertiary/aromatic N) is 7. The van der Waals surface area contributed by atoms with E-state index in [1.807, 2.05) is 20.8 Å². The first-order chi connectivity index (χ1) is 21.5. The number of phenols is 1. The highest BCUT2D eigenvalue weighted by Gasteiger charge is 2.61. The van der Waals surface area contributed by atoms with E-state index in [9.17, 15) is 14.7 Å². The van der Waals surface area contributed by atoms with Crippen LogP contribution in [-0.4, -0.2) is 66.6 Å². The van der Waals surface area contributed by atoms with Crippen molar-refractivity contribution in [3.8, 4) is 22.7 Å². The summed E-state index contributed by atoms with van der Waals surface area (Å²) in [5.41, 5.74) is -0.698. The second-order valence-electron chi connectivity index (χ2n) is 11.8. The van der Waals surface area contributed by atoms with Crippen molar-refractivity contribution in [2.24, 2.45) is 0 Å². The Balaban J connectivity index is 1.63. The van der Waals surface area contributed by atoms with Crippen LogP contribution in [0.1, 0.15) is 43.9 Å². The molecule has 1 saturated carbocycles. The highest BCUT2D eigenvalue weighted by molar-refractivity contribution is 5.91. The average molecular weight is 612 g/mol. The minimum absolute atomic E-state index is 0.00508. The number of benzene rings is 1. The molecule has 6 rings (SSSR count). The predicted molar refractivity (Wildman–Crippen MR) is 165 cm³/mol. The van der Waals surface area contributed by atoms with Gasteiger partial charge in [-0.1, -0.05) is 26.5 Å². The van der Waals surface area contributed by atoms with Crippen LogP contribution in [0, 0.1) is 25.1 Å². The monoisotopic (exact) mass is 611 g/mol. The van der Waals surface area contributed by atoms with Crippen LogP contribution >= 0.6 is 0 Å². The maximum absolute atomic E-state index is 16.0. The highest BCUT2D eigenvalue weighted by atomic mass is 19.1. The molecule has 0 spiro atoms. The van der Waals surface area contributed by atoms with Crippen molar-refractivity contribution in [3.63, 3.8) is 0 Å². The van der Waals surface area contributed by atoms with E-state index in [1.54, 1.807) is 22.1 Å². The molecular formula is C33H31F2N7O3. The third-order valence-electron chi connectivity index (χ3n) is 8.70. The molecule has 1 aromatic carbocycles. The number of aromatic hydroxyl groups is 1. The second kappa shape index (κ2) is 11.1. The third-order valence-corrected chi connectivity index (χ3v) is 8.70. The Labute approximate surface area is 258 Å². The first kappa shape index (κ1) is 29.9. The van der Waals surface area contributed by atoms with Gasteiger partial charge in [-0.15, -0.1) is 0 Å². The standard InChI is InChI=1S/C33H31F2N7O3/c1-6-25(44)41-15-14-40(17-24(41)33(36-5)11-12-33)30-20-16-22(35)28(26-21(34)8-7-9-23(26)43)38-31(20)42(32(45)39-30)29-19(4)10-13-37-27(29)18(2)3/h6-10,13,16,18,24,43H,1,11-12,14-15,17H2,2-4H3. The topological polar surface area (TPSA) is 109 Å². The molecule has 0 bridgehead atoms. The number of carbonyl (C=O) groups is 1. The number of fused-ring (bicyclic) bond motifs is 1. The molecule has 0 radical (unpaired) electrons. The van der Waals surface area contributed by atoms with Gasteiger partial charge in [0.25, 0.3) is 5.54 Å². The summed E-state index contributed by atoms with van der Waals surface area (Å²) < 4.78 is 32.3. The lowest BCUT2D eigenvalue weighted by Crippen LogP contribution is -2.60. The molecule has 3 aromatic heterocycles. The van der Waals surface area contributed by atoms with Gasteiger partial charge in [0.05, 0.1) is 22.3 Å². The molecular weight excluding hydrogens is 580 g/mol. The summed E-state index contributed by atoms with van der Waals surface area (Å²) in [5.74, 6) is -2.60. The van der Waals surface area contributed by atoms with Crippen molar-refractivity contribution in [2.75, 3.05) is 24.5 Å². The summed E-state index contributed by atoms with van der Waals surface area (Å²) in [4.78, 5) is 47.6. The molecule has 4 heterocycles. The lowest BCUT2D eigenvalue weighted by molar-refractivity contribution is -0.129. The Morgan fingerprint density at radius 1 is 1.20 bits per heavy atom. The molecule has 45 heavy (non-hydrogen) atoms. The van der Waals surface area contributed by atoms with Crippen LogP contribution in [0.25, 0.3) is 32.8 Å². The number of aryl methyl sites for hydroxylation is 1. The van der Waals surface area contributed by atoms with E-state index in [0.717, 1.165) is 12.1 Å². The van der Waals surface area contributed by atoms with E-state index in [2.05, 4.69) is 26.4 Å². The summed E-state index contributed by atoms with van der Waals surface area (Å²) in [7, 11) is 0. The van der Waals surface area contributed by atoms with E-state index in [-0.39, 0.29) is 48.3 Å². The molecule has 2 aliphatic rings. The number of piperazine rings is 1. The van der Waals surface area contributed by atoms with Gasteiger partial charge in [-0.05, 0) is 48.7 Å². The van der Waals surface area contributed by atoms with Gasteiger partial charge in [0.1, 0.15) is 29.1 Å². The number of hydrogen-bond acceptors (Lipinski definition) is 7. The predicted octanol–water partition coefficient (Wildman–Crippen LogP) is 4.91. The highest BCUT2D eigenvalue weighted by Crippen LogP contribution is 2.47. The maximum atomic E-state index is 16.0. The molecule has 230 valence electrons. The molecule has 1 N–H and O–H groups in total. The molecule has 1 atom stereocenters. The van der Waals surface area contributed by atoms with E-state index < -0.39 is 45.9 Å². The third kappa shape index (κ3) is 4.88. The van der Waals surface area contributed by atoms with Crippen LogP contribution in [-0.2, 0) is 4.79 Å². The smallest absolute Gasteiger partial charge is 0.355 e. The number of phenolic OH excluding ortho intramolecular Hbond substituents is 1. The summed E-state index contributed by atoms with van der Waals surface area (Å²) in [5, 5.41) is 10.7. The fraction of sp³-hybridized carbons (Fsp3) is 0.333. The molecule has 1 amide bonds. The molecule has 1 aliphatic carbocycles. The van der Waals surface area contributed by atoms with Crippen LogP contribution in [0.4, 0.5) is 14.6 Å². The largest absolute Gasteiger partial charge is 0.507 e. The van der Waals surface area contributed by atoms with Gasteiger partial charge in [0, 0.05) is 38.7 Å². The van der Waals surface area contributed by atoms with Crippen LogP contribution < -0.4 is 10.6 Å². The quantitative estimate of drug-likeness (QED) is 0.244. The summed E-state index contributed by atoms with van der Waals surface area (Å²) >= 11 is 0. The zero-order chi connectivity index (χ0) is 32.2. The zero-order valence-electron chi connectivity index (χ0n) is 25.1. The second-order valence-corrected chi connectivity index (χ2v) is 11.8. The van der Waals surface area contributed by atoms with Crippen molar-refractivity contribution >= 4 is 22.8 Å². The van der Waals surface area contributed by atoms with Crippen molar-refractivity contribution in [2.45, 2.75) is 51.1 Å². The van der Waals surface area contributed by atoms with Gasteiger partial charge < -0.3 is 19.8 Å². The van der Waals surface area contributed by atoms with Crippen molar-refractivity contribution < 1.29 is 18.7 Å². The van der Waals surface area contributed by atoms with E-state index in [1.165, 1.54) is 22.8 Å². The van der Waals surface area contributed by atoms with Gasteiger partial charge in [-0.2, -0.15) is 4.98 Å². The van der Waals surface area contributed by atoms with Crippen molar-refractivity contribution in [1.82, 2.24) is 24.4 Å². The maximum Gasteiger partial charge on any atom is 0.355 e. The van der Waals surface area contributed by atoms with Crippen LogP contribution in [0.15, 0.2) is 54.0 Å². The Kier molecular flexibility index (Phi) is 7.35. The average Bonchev–Trinajstić information content (AvgIpc) is 3.82. The molecule has 1 unspecified atom stereocenters. The summed E-state index contributed by atoms with van der Waals surface area (Å²) in [6, 6.07) is 5.98. The lowest BCUT2D eigenvalue weighted by atomic mass is 10.0. The molecule has 10 nitrogen and oxygen atoms in total. The summed E-state index contributed by atoms with van der Waals surface area (Å²) in [6.45, 7) is 17.8. The van der Waals surface area contributed by atoms with Crippen molar-refractivity contribution in [3.05, 3.63) is 94.0 Å². The fourth-order valence-corrected chi connectivity index (χ4v) is 6.22. The number of pyridine rings is 2. The van der Waals surface area contributed by atoms with E-state index in [4.69, 9.17) is 6.57 Å². The first-order valence-electron chi connectivity index (χ1n) is 14.6. The van der Waals surface area contributed by atoms with E-state index in [0.29, 0.717) is 29.8 Å². The molecule has 12 heteroatoms. The number of carbonyl (C=O) groups excluding carboxylic acids is 1. The number of aromatic nitrogens is 4. The Bertz CT molecular complexity index is 1960. The number of hydrogen-bond donors (Lipinski definition) is 1. The SMILES string of the molecule is [C-]#[N+]C1(C2CN(c3nc(=O)n(-c4c(C)ccnc4C(C)C)c4nc(-c5c(O)cccc5F)c(F)cc34)CCN2C(=O)C=C)CC1. The zero-order valence-corrected chi connectivity index (χ0v) is 25.1. The van der Waals surface area contributed by atoms with Crippen molar-refractivity contribution in [1.29, 1.82) is 0 Å². The lowest BCUT2D eigenvalue weighted by Gasteiger charge is -2.42. The molecule has 4 aromatic rings. The summed E-state index contributed by atoms with van der Waals surface area (Å²) in [6.07, 6.45) is 4.10. The molecule has 1 saturated heterocycles. The van der Waals surface area contributed by atoms with Gasteiger partial charge >= 0.3 is 5.69 Å². The van der Waals surface area contributed by atoms with Crippen LogP contribution in [0.2, 0.25) is 0 Å². The Morgan fingerprint density at radius 3 is 2.60 bits per heavy atom. The fourth-order valence-electron chi connectivity index (χ4n) is 6.22. The number of anilines is 1. The molecule has 2 fully saturated rings. The van der Waals surface area contributed by atoms with Gasteiger partial charge in [0.15, 0.2) is 11.5 Å². The first-order valence-corrected chi connectivity index (χ1v) is 14.6. The van der Waals surface area contributed by atoms with Gasteiger partial charge in [0.2, 0.25) is 5.91 Å². The number of rotatable bonds is 6. The Hall–Kier alpha value is -5.18. The van der Waals surface area contributed by atoms with Gasteiger partial charge in [-0.25, -0.2) is 29.7 Å². The number of halogens is 2. The van der Waals surface area contributed by atoms with Crippen LogP contribution in [0.5, 0.6) is 5.75 Å². The van der Waals surface area contributed by atoms with E-state index >= 15 is 8.78 Å². The van der Waals surface area contributed by atoms with Gasteiger partial charge in [-0.3, -0.25) is 9.78 Å².